The molecule has 0 radical (unpaired) electrons. The molecule has 0 aliphatic rings. The van der Waals surface area contributed by atoms with Gasteiger partial charge in [-0.25, -0.2) is 4.18 Å². The highest BCUT2D eigenvalue weighted by Gasteiger charge is 2.16. The minimum Gasteiger partial charge on any atom is -0.346 e. The third-order valence-electron chi connectivity index (χ3n) is 1.66. The molecule has 0 spiro atoms. The fourth-order valence-corrected chi connectivity index (χ4v) is 1.74. The number of carbonyl (C=O) groups is 2. The smallest absolute Gasteiger partial charge is 0.346 e. The van der Waals surface area contributed by atoms with Crippen LogP contribution in [-0.4, -0.2) is 42.1 Å². The molecule has 0 saturated heterocycles. The number of unbranched alkanes of at least 4 members (excludes halogenated alkanes) is 1. The van der Waals surface area contributed by atoms with Gasteiger partial charge in [0.2, 0.25) is 0 Å². The molecule has 0 aromatic heterocycles. The summed E-state index contributed by atoms with van der Waals surface area (Å²) in [6.07, 6.45) is 0.553. The van der Waals surface area contributed by atoms with Crippen LogP contribution in [0.25, 0.3) is 0 Å². The van der Waals surface area contributed by atoms with Crippen molar-refractivity contribution in [2.45, 2.75) is 25.7 Å². The molecule has 0 amide bonds. The summed E-state index contributed by atoms with van der Waals surface area (Å²) in [5.41, 5.74) is 0. The molecule has 0 atom stereocenters. The Bertz CT molecular complexity index is 516. The summed E-state index contributed by atoms with van der Waals surface area (Å²) in [6, 6.07) is 0. The summed E-state index contributed by atoms with van der Waals surface area (Å²) in [7, 11) is -7.32. The van der Waals surface area contributed by atoms with Gasteiger partial charge in [-0.1, -0.05) is 0 Å². The molecular weight excluding hydrogens is 304 g/mol. The van der Waals surface area contributed by atoms with Crippen molar-refractivity contribution >= 4 is 32.5 Å². The van der Waals surface area contributed by atoms with E-state index in [-0.39, 0.29) is 25.7 Å². The van der Waals surface area contributed by atoms with Gasteiger partial charge in [0.1, 0.15) is 0 Å². The molecule has 0 unspecified atom stereocenters. The van der Waals surface area contributed by atoms with Gasteiger partial charge in [0, 0.05) is 12.8 Å². The standard InChI is InChI=1S/C8H14O9S2/c1-15-19(13,14)17-8(10)6-4-3-5-7(9)16-18(2,11)12/h3-6H2,1-2H3. The maximum absolute atomic E-state index is 11.0. The monoisotopic (exact) mass is 318 g/mol. The van der Waals surface area contributed by atoms with E-state index in [4.69, 9.17) is 0 Å². The summed E-state index contributed by atoms with van der Waals surface area (Å²) >= 11 is 0. The van der Waals surface area contributed by atoms with Gasteiger partial charge in [-0.15, -0.1) is 0 Å². The molecule has 0 N–H and O–H groups in total. The highest BCUT2D eigenvalue weighted by Crippen LogP contribution is 2.06. The van der Waals surface area contributed by atoms with Crippen molar-refractivity contribution < 1.29 is 39.0 Å². The largest absolute Gasteiger partial charge is 0.451 e. The van der Waals surface area contributed by atoms with Crippen molar-refractivity contribution in [1.82, 2.24) is 0 Å². The van der Waals surface area contributed by atoms with Crippen molar-refractivity contribution in [3.63, 3.8) is 0 Å². The molecule has 112 valence electrons. The molecule has 0 heterocycles. The molecule has 11 heteroatoms. The zero-order valence-electron chi connectivity index (χ0n) is 10.3. The average Bonchev–Trinajstić information content (AvgIpc) is 2.21. The lowest BCUT2D eigenvalue weighted by Crippen LogP contribution is -2.14. The van der Waals surface area contributed by atoms with Crippen LogP contribution in [0, 0.1) is 0 Å². The first-order valence-electron chi connectivity index (χ1n) is 5.01. The van der Waals surface area contributed by atoms with Crippen LogP contribution >= 0.6 is 0 Å². The van der Waals surface area contributed by atoms with Crippen LogP contribution in [-0.2, 0) is 42.7 Å². The Morgan fingerprint density at radius 2 is 1.32 bits per heavy atom. The second kappa shape index (κ2) is 7.40. The maximum Gasteiger partial charge on any atom is 0.451 e. The molecule has 0 saturated carbocycles. The maximum atomic E-state index is 11.0. The van der Waals surface area contributed by atoms with Gasteiger partial charge in [0.15, 0.2) is 0 Å². The van der Waals surface area contributed by atoms with E-state index in [2.05, 4.69) is 12.5 Å². The Morgan fingerprint density at radius 3 is 1.68 bits per heavy atom. The lowest BCUT2D eigenvalue weighted by molar-refractivity contribution is -0.136. The second-order valence-electron chi connectivity index (χ2n) is 3.40. The Morgan fingerprint density at radius 1 is 0.895 bits per heavy atom. The summed E-state index contributed by atoms with van der Waals surface area (Å²) < 4.78 is 54.5. The third-order valence-corrected chi connectivity index (χ3v) is 2.94. The average molecular weight is 318 g/mol. The van der Waals surface area contributed by atoms with E-state index in [1.807, 2.05) is 0 Å². The molecule has 0 aliphatic heterocycles. The van der Waals surface area contributed by atoms with E-state index in [0.717, 1.165) is 13.4 Å². The highest BCUT2D eigenvalue weighted by molar-refractivity contribution is 7.86. The lowest BCUT2D eigenvalue weighted by Gasteiger charge is -2.03. The van der Waals surface area contributed by atoms with Crippen LogP contribution in [0.15, 0.2) is 0 Å². The van der Waals surface area contributed by atoms with Crippen molar-refractivity contribution in [3.8, 4) is 0 Å². The normalized spacial score (nSPS) is 11.9. The number of carbonyl (C=O) groups excluding carboxylic acids is 2. The molecule has 0 aromatic rings. The van der Waals surface area contributed by atoms with Crippen molar-refractivity contribution in [1.29, 1.82) is 0 Å². The van der Waals surface area contributed by atoms with Gasteiger partial charge in [-0.2, -0.15) is 16.8 Å². The summed E-state index contributed by atoms with van der Waals surface area (Å²) in [5.74, 6) is -1.97. The topological polar surface area (TPSA) is 130 Å². The second-order valence-corrected chi connectivity index (χ2v) is 6.29. The molecular formula is C8H14O9S2. The molecule has 0 aliphatic carbocycles. The van der Waals surface area contributed by atoms with Crippen LogP contribution in [0.3, 0.4) is 0 Å². The van der Waals surface area contributed by atoms with Gasteiger partial charge < -0.3 is 8.37 Å². The molecule has 0 fully saturated rings. The molecule has 9 nitrogen and oxygen atoms in total. The number of hydrogen-bond acceptors (Lipinski definition) is 9. The van der Waals surface area contributed by atoms with Crippen LogP contribution in [0.5, 0.6) is 0 Å². The Kier molecular flexibility index (Phi) is 6.94. The first kappa shape index (κ1) is 17.8. The first-order chi connectivity index (χ1) is 8.56. The van der Waals surface area contributed by atoms with Crippen molar-refractivity contribution in [3.05, 3.63) is 0 Å². The fourth-order valence-electron chi connectivity index (χ4n) is 0.939. The minimum absolute atomic E-state index is 0.136. The van der Waals surface area contributed by atoms with Gasteiger partial charge in [0.25, 0.3) is 0 Å². The van der Waals surface area contributed by atoms with E-state index in [1.165, 1.54) is 0 Å². The Balaban J connectivity index is 3.88. The molecule has 0 bridgehead atoms. The van der Waals surface area contributed by atoms with Crippen LogP contribution in [0.4, 0.5) is 0 Å². The molecule has 19 heavy (non-hydrogen) atoms. The van der Waals surface area contributed by atoms with Gasteiger partial charge in [0.05, 0.1) is 13.4 Å². The molecule has 0 aromatic carbocycles. The third kappa shape index (κ3) is 10.4. The minimum atomic E-state index is -4.32. The van der Waals surface area contributed by atoms with Crippen LogP contribution in [0.1, 0.15) is 25.7 Å². The van der Waals surface area contributed by atoms with Crippen molar-refractivity contribution in [2.75, 3.05) is 13.4 Å². The predicted molar refractivity (Wildman–Crippen MR) is 61.4 cm³/mol. The summed E-state index contributed by atoms with van der Waals surface area (Å²) in [5, 5.41) is 0. The highest BCUT2D eigenvalue weighted by atomic mass is 32.3. The molecule has 0 rings (SSSR count). The zero-order valence-corrected chi connectivity index (χ0v) is 12.0. The van der Waals surface area contributed by atoms with Crippen molar-refractivity contribution in [2.24, 2.45) is 0 Å². The quantitative estimate of drug-likeness (QED) is 0.428. The van der Waals surface area contributed by atoms with Crippen LogP contribution in [0.2, 0.25) is 0 Å². The van der Waals surface area contributed by atoms with E-state index in [1.54, 1.807) is 0 Å². The summed E-state index contributed by atoms with van der Waals surface area (Å²) in [6.45, 7) is 0. The number of rotatable bonds is 8. The summed E-state index contributed by atoms with van der Waals surface area (Å²) in [4.78, 5) is 21.9. The predicted octanol–water partition coefficient (Wildman–Crippen LogP) is -0.516. The van der Waals surface area contributed by atoms with Gasteiger partial charge in [-0.3, -0.25) is 9.59 Å². The van der Waals surface area contributed by atoms with E-state index < -0.39 is 32.5 Å². The van der Waals surface area contributed by atoms with Gasteiger partial charge >= 0.3 is 32.5 Å². The number of hydrogen-bond donors (Lipinski definition) is 0. The SMILES string of the molecule is COS(=O)(=O)OC(=O)CCCCC(=O)OS(C)(=O)=O. The van der Waals surface area contributed by atoms with Crippen LogP contribution < -0.4 is 0 Å². The van der Waals surface area contributed by atoms with E-state index >= 15 is 0 Å². The lowest BCUT2D eigenvalue weighted by atomic mass is 10.2. The van der Waals surface area contributed by atoms with Gasteiger partial charge in [-0.05, 0) is 12.8 Å². The van der Waals surface area contributed by atoms with E-state index in [9.17, 15) is 26.4 Å². The van der Waals surface area contributed by atoms with E-state index in [0.29, 0.717) is 0 Å². The first-order valence-corrected chi connectivity index (χ1v) is 8.16. The fraction of sp³-hybridized carbons (Fsp3) is 0.750. The Labute approximate surface area is 111 Å². The Hall–Kier alpha value is -1.20. The zero-order chi connectivity index (χ0) is 15.1.